The van der Waals surface area contributed by atoms with Gasteiger partial charge in [-0.2, -0.15) is 0 Å². The minimum absolute atomic E-state index is 0.00375. The van der Waals surface area contributed by atoms with Gasteiger partial charge in [0.2, 0.25) is 12.7 Å². The molecule has 0 radical (unpaired) electrons. The number of carbonyl (C=O) groups excluding carboxylic acids is 2. The van der Waals surface area contributed by atoms with Gasteiger partial charge in [0.05, 0.1) is 0 Å². The molecule has 7 heteroatoms. The lowest BCUT2D eigenvalue weighted by Crippen LogP contribution is -2.42. The van der Waals surface area contributed by atoms with E-state index in [4.69, 9.17) is 14.2 Å². The minimum Gasteiger partial charge on any atom is -0.454 e. The molecule has 1 N–H and O–H groups in total. The first-order chi connectivity index (χ1) is 13.6. The quantitative estimate of drug-likeness (QED) is 0.879. The first-order valence-electron chi connectivity index (χ1n) is 9.30. The van der Waals surface area contributed by atoms with Crippen LogP contribution in [0.5, 0.6) is 11.5 Å². The van der Waals surface area contributed by atoms with Crippen molar-refractivity contribution < 1.29 is 23.8 Å². The summed E-state index contributed by atoms with van der Waals surface area (Å²) in [6, 6.07) is 12.5. The van der Waals surface area contributed by atoms with E-state index in [1.54, 1.807) is 37.3 Å². The lowest BCUT2D eigenvalue weighted by Gasteiger charge is -2.33. The Hall–Kier alpha value is -3.06. The zero-order valence-electron chi connectivity index (χ0n) is 15.6. The molecule has 0 bridgehead atoms. The van der Waals surface area contributed by atoms with Crippen LogP contribution in [0.4, 0.5) is 11.4 Å². The largest absolute Gasteiger partial charge is 0.454 e. The number of hydrogen-bond acceptors (Lipinski definition) is 5. The molecule has 2 aliphatic rings. The summed E-state index contributed by atoms with van der Waals surface area (Å²) in [5.41, 5.74) is 1.96. The van der Waals surface area contributed by atoms with E-state index in [-0.39, 0.29) is 24.6 Å². The maximum absolute atomic E-state index is 12.5. The van der Waals surface area contributed by atoms with E-state index in [0.29, 0.717) is 36.0 Å². The van der Waals surface area contributed by atoms with E-state index >= 15 is 0 Å². The van der Waals surface area contributed by atoms with Crippen LogP contribution in [0.1, 0.15) is 30.1 Å². The second kappa shape index (κ2) is 7.90. The Balaban J connectivity index is 1.46. The zero-order chi connectivity index (χ0) is 19.5. The number of hydrogen-bond donors (Lipinski definition) is 1. The molecule has 2 aliphatic heterocycles. The highest BCUT2D eigenvalue weighted by Crippen LogP contribution is 2.32. The third-order valence-electron chi connectivity index (χ3n) is 4.93. The summed E-state index contributed by atoms with van der Waals surface area (Å²) in [5, 5.41) is 2.87. The first kappa shape index (κ1) is 18.3. The minimum atomic E-state index is -0.237. The van der Waals surface area contributed by atoms with Gasteiger partial charge in [0.25, 0.3) is 5.91 Å². The SMILES string of the molecule is CC(=O)N(c1ccc(NC(=O)c2ccc3c(c2)OCO3)cc1)C1CCOCC1. The van der Waals surface area contributed by atoms with Crippen molar-refractivity contribution in [3.8, 4) is 11.5 Å². The van der Waals surface area contributed by atoms with E-state index in [2.05, 4.69) is 5.32 Å². The number of ether oxygens (including phenoxy) is 3. The summed E-state index contributed by atoms with van der Waals surface area (Å²) in [6.07, 6.45) is 1.64. The molecule has 2 heterocycles. The molecule has 4 rings (SSSR count). The highest BCUT2D eigenvalue weighted by molar-refractivity contribution is 6.04. The van der Waals surface area contributed by atoms with Gasteiger partial charge in [0.15, 0.2) is 11.5 Å². The van der Waals surface area contributed by atoms with Crippen LogP contribution in [-0.2, 0) is 9.53 Å². The molecular weight excluding hydrogens is 360 g/mol. The molecule has 1 saturated heterocycles. The van der Waals surface area contributed by atoms with Gasteiger partial charge in [0.1, 0.15) is 0 Å². The predicted octanol–water partition coefficient (Wildman–Crippen LogP) is 3.20. The monoisotopic (exact) mass is 382 g/mol. The molecule has 7 nitrogen and oxygen atoms in total. The van der Waals surface area contributed by atoms with E-state index < -0.39 is 0 Å². The molecule has 28 heavy (non-hydrogen) atoms. The maximum atomic E-state index is 12.5. The van der Waals surface area contributed by atoms with Gasteiger partial charge in [0, 0.05) is 43.1 Å². The van der Waals surface area contributed by atoms with E-state index in [1.165, 1.54) is 0 Å². The molecular formula is C21H22N2O5. The van der Waals surface area contributed by atoms with Crippen molar-refractivity contribution in [3.63, 3.8) is 0 Å². The first-order valence-corrected chi connectivity index (χ1v) is 9.30. The summed E-state index contributed by atoms with van der Waals surface area (Å²) in [4.78, 5) is 26.5. The second-order valence-corrected chi connectivity index (χ2v) is 6.80. The molecule has 2 aromatic carbocycles. The number of nitrogens with one attached hydrogen (secondary N) is 1. The lowest BCUT2D eigenvalue weighted by atomic mass is 10.1. The summed E-state index contributed by atoms with van der Waals surface area (Å²) in [7, 11) is 0. The number of carbonyl (C=O) groups is 2. The standard InChI is InChI=1S/C21H22N2O5/c1-14(24)23(18-8-10-26-11-9-18)17-5-3-16(4-6-17)22-21(25)15-2-7-19-20(12-15)28-13-27-19/h2-7,12,18H,8-11,13H2,1H3,(H,22,25). The molecule has 2 amide bonds. The van der Waals surface area contributed by atoms with Crippen LogP contribution >= 0.6 is 0 Å². The third-order valence-corrected chi connectivity index (χ3v) is 4.93. The van der Waals surface area contributed by atoms with Crippen molar-refractivity contribution in [2.75, 3.05) is 30.2 Å². The fourth-order valence-corrected chi connectivity index (χ4v) is 3.54. The number of anilines is 2. The van der Waals surface area contributed by atoms with Gasteiger partial charge in [-0.1, -0.05) is 0 Å². The van der Waals surface area contributed by atoms with Gasteiger partial charge in [-0.3, -0.25) is 9.59 Å². The van der Waals surface area contributed by atoms with Gasteiger partial charge in [-0.15, -0.1) is 0 Å². The Bertz CT molecular complexity index is 875. The van der Waals surface area contributed by atoms with Crippen LogP contribution in [-0.4, -0.2) is 37.9 Å². The van der Waals surface area contributed by atoms with Gasteiger partial charge in [-0.05, 0) is 55.3 Å². The van der Waals surface area contributed by atoms with Crippen molar-refractivity contribution in [1.29, 1.82) is 0 Å². The predicted molar refractivity (Wildman–Crippen MR) is 104 cm³/mol. The van der Waals surface area contributed by atoms with Crippen LogP contribution in [0.2, 0.25) is 0 Å². The van der Waals surface area contributed by atoms with Gasteiger partial charge < -0.3 is 24.4 Å². The number of rotatable bonds is 4. The number of nitrogens with zero attached hydrogens (tertiary/aromatic N) is 1. The van der Waals surface area contributed by atoms with Crippen molar-refractivity contribution in [2.24, 2.45) is 0 Å². The number of amides is 2. The van der Waals surface area contributed by atoms with E-state index in [1.807, 2.05) is 17.0 Å². The van der Waals surface area contributed by atoms with Crippen molar-refractivity contribution in [1.82, 2.24) is 0 Å². The van der Waals surface area contributed by atoms with Crippen LogP contribution in [0.3, 0.4) is 0 Å². The van der Waals surface area contributed by atoms with Crippen molar-refractivity contribution >= 4 is 23.2 Å². The Labute approximate surface area is 163 Å². The third kappa shape index (κ3) is 3.80. The van der Waals surface area contributed by atoms with Crippen LogP contribution in [0.25, 0.3) is 0 Å². The summed E-state index contributed by atoms with van der Waals surface area (Å²) in [6.45, 7) is 3.07. The summed E-state index contributed by atoms with van der Waals surface area (Å²) < 4.78 is 16.0. The molecule has 1 fully saturated rings. The second-order valence-electron chi connectivity index (χ2n) is 6.80. The number of benzene rings is 2. The molecule has 146 valence electrons. The smallest absolute Gasteiger partial charge is 0.255 e. The average Bonchev–Trinajstić information content (AvgIpc) is 3.18. The van der Waals surface area contributed by atoms with Crippen molar-refractivity contribution in [3.05, 3.63) is 48.0 Å². The van der Waals surface area contributed by atoms with Gasteiger partial charge >= 0.3 is 0 Å². The average molecular weight is 382 g/mol. The number of fused-ring (bicyclic) bond motifs is 1. The molecule has 0 saturated carbocycles. The van der Waals surface area contributed by atoms with Gasteiger partial charge in [-0.25, -0.2) is 0 Å². The van der Waals surface area contributed by atoms with Crippen LogP contribution in [0, 0.1) is 0 Å². The van der Waals surface area contributed by atoms with Crippen LogP contribution in [0.15, 0.2) is 42.5 Å². The molecule has 2 aromatic rings. The fourth-order valence-electron chi connectivity index (χ4n) is 3.54. The Morgan fingerprint density at radius 1 is 1.00 bits per heavy atom. The highest BCUT2D eigenvalue weighted by Gasteiger charge is 2.25. The Morgan fingerprint density at radius 2 is 1.71 bits per heavy atom. The Kier molecular flexibility index (Phi) is 5.16. The lowest BCUT2D eigenvalue weighted by molar-refractivity contribution is -0.117. The fraction of sp³-hybridized carbons (Fsp3) is 0.333. The molecule has 0 spiro atoms. The molecule has 0 aromatic heterocycles. The summed E-state index contributed by atoms with van der Waals surface area (Å²) in [5.74, 6) is 0.970. The molecule has 0 unspecified atom stereocenters. The molecule has 0 atom stereocenters. The normalized spacial score (nSPS) is 15.9. The van der Waals surface area contributed by atoms with E-state index in [0.717, 1.165) is 18.5 Å². The summed E-state index contributed by atoms with van der Waals surface area (Å²) >= 11 is 0. The maximum Gasteiger partial charge on any atom is 0.255 e. The van der Waals surface area contributed by atoms with Crippen molar-refractivity contribution in [2.45, 2.75) is 25.8 Å². The highest BCUT2D eigenvalue weighted by atomic mass is 16.7. The molecule has 0 aliphatic carbocycles. The Morgan fingerprint density at radius 3 is 2.43 bits per heavy atom. The zero-order valence-corrected chi connectivity index (χ0v) is 15.6. The topological polar surface area (TPSA) is 77.1 Å². The van der Waals surface area contributed by atoms with E-state index in [9.17, 15) is 9.59 Å². The van der Waals surface area contributed by atoms with Crippen LogP contribution < -0.4 is 19.7 Å².